The first kappa shape index (κ1) is 78.7. The molecule has 2 saturated heterocycles. The predicted molar refractivity (Wildman–Crippen MR) is 433 cm³/mol. The summed E-state index contributed by atoms with van der Waals surface area (Å²) in [5.74, 6) is 4.95. The van der Waals surface area contributed by atoms with Crippen molar-refractivity contribution < 1.29 is 28.7 Å². The highest BCUT2D eigenvalue weighted by molar-refractivity contribution is 6.76. The lowest BCUT2D eigenvalue weighted by atomic mass is 9.84. The van der Waals surface area contributed by atoms with Crippen LogP contribution in [0.5, 0.6) is 17.2 Å². The number of fused-ring (bicyclic) bond motifs is 3. The fourth-order valence-electron chi connectivity index (χ4n) is 12.0. The summed E-state index contributed by atoms with van der Waals surface area (Å²) in [6.07, 6.45) is 0. The Labute approximate surface area is 627 Å². The summed E-state index contributed by atoms with van der Waals surface area (Å²) in [6.45, 7) is 29.2. The van der Waals surface area contributed by atoms with Gasteiger partial charge in [0.2, 0.25) is 0 Å². The lowest BCUT2D eigenvalue weighted by molar-refractivity contribution is 0.0904. The standard InChI is InChI=1S/C31H42BN5O3Si.C25H28ClN3O2Si.C24H25N5O.2CH4/c1-32(38)36-18-16-35(17-19-36)22-27-12-15-29-31(33-27)37(24-39-20-21-41(2,3)4)30(34-29)26-10-13-28(14-11-26)40-23-25-8-6-5-7-9-25;1-32(2,3)16-15-30-18-29-24(27-22-13-14-23(26)28-25(22)29)20-9-11-21(12-10-20)31-17-19-7-5-4-6-8-19;1-2-4-18(5-3-1)17-30-21-9-6-19(7-10-21)23-27-22-11-8-20(26-24(22)28-23)16-29-14-12-25-13-15-29;;/h5-15,38H,16-24H2,1-4H3;4-14H,15-18H2,1-3H3;1-11,25H,12-17H2,(H,26,27,28);2*1H4. The Morgan fingerprint density at radius 2 is 0.876 bits per heavy atom. The monoisotopic (exact) mass is 1470 g/mol. The Kier molecular flexibility index (Phi) is 28.4. The van der Waals surface area contributed by atoms with Crippen molar-refractivity contribution in [3.8, 4) is 51.4 Å². The zero-order valence-corrected chi connectivity index (χ0v) is 63.1. The van der Waals surface area contributed by atoms with Gasteiger partial charge in [-0.15, -0.1) is 0 Å². The van der Waals surface area contributed by atoms with E-state index in [9.17, 15) is 5.02 Å². The Balaban J connectivity index is 0.000000170. The molecule has 0 atom stereocenters. The van der Waals surface area contributed by atoms with Gasteiger partial charge in [0.05, 0.1) is 16.9 Å². The van der Waals surface area contributed by atoms with E-state index < -0.39 is 23.2 Å². The van der Waals surface area contributed by atoms with E-state index in [0.29, 0.717) is 38.4 Å². The molecule has 2 aliphatic heterocycles. The molecule has 14 rings (SSSR count). The summed E-state index contributed by atoms with van der Waals surface area (Å²) in [6, 6.07) is 68.8. The van der Waals surface area contributed by atoms with E-state index in [-0.39, 0.29) is 14.9 Å². The summed E-state index contributed by atoms with van der Waals surface area (Å²) in [5.41, 5.74) is 13.4. The number of nitrogens with one attached hydrogen (secondary N) is 2. The van der Waals surface area contributed by atoms with Crippen molar-refractivity contribution in [1.29, 1.82) is 0 Å². The Morgan fingerprint density at radius 1 is 0.457 bits per heavy atom. The van der Waals surface area contributed by atoms with Gasteiger partial charge in [0.15, 0.2) is 16.9 Å². The third-order valence-electron chi connectivity index (χ3n) is 18.1. The van der Waals surface area contributed by atoms with E-state index in [4.69, 9.17) is 60.2 Å². The number of benzene rings is 6. The highest BCUT2D eigenvalue weighted by Crippen LogP contribution is 2.31. The number of H-pyrrole nitrogens is 1. The van der Waals surface area contributed by atoms with Crippen LogP contribution in [0.1, 0.15) is 42.9 Å². The Bertz CT molecular complexity index is 4610. The van der Waals surface area contributed by atoms with E-state index in [2.05, 4.69) is 147 Å². The summed E-state index contributed by atoms with van der Waals surface area (Å²) in [5, 5.41) is 13.7. The average molecular weight is 1470 g/mol. The summed E-state index contributed by atoms with van der Waals surface area (Å²) >= 11 is 6.17. The molecule has 23 heteroatoms. The molecule has 2 aliphatic rings. The van der Waals surface area contributed by atoms with Crippen LogP contribution in [0.2, 0.25) is 63.3 Å². The molecule has 105 heavy (non-hydrogen) atoms. The zero-order chi connectivity index (χ0) is 71.6. The molecular formula is C82H103BClN13O6Si2. The predicted octanol–water partition coefficient (Wildman–Crippen LogP) is 16.7. The van der Waals surface area contributed by atoms with Crippen molar-refractivity contribution in [2.75, 3.05) is 65.6 Å². The van der Waals surface area contributed by atoms with Crippen LogP contribution < -0.4 is 19.5 Å². The number of hydrogen-bond donors (Lipinski definition) is 3. The lowest BCUT2D eigenvalue weighted by Gasteiger charge is -2.35. The number of piperazine rings is 2. The van der Waals surface area contributed by atoms with E-state index in [1.165, 1.54) is 0 Å². The van der Waals surface area contributed by atoms with Crippen molar-refractivity contribution in [3.05, 3.63) is 233 Å². The van der Waals surface area contributed by atoms with Crippen molar-refractivity contribution >= 4 is 68.3 Å². The quantitative estimate of drug-likeness (QED) is 0.0250. The summed E-state index contributed by atoms with van der Waals surface area (Å²) in [7, 11) is -2.76. The molecule has 550 valence electrons. The first-order chi connectivity index (χ1) is 50.0. The number of rotatable bonds is 27. The molecule has 0 aliphatic carbocycles. The van der Waals surface area contributed by atoms with Crippen LogP contribution in [0.3, 0.4) is 0 Å². The Hall–Kier alpha value is -8.91. The van der Waals surface area contributed by atoms with Gasteiger partial charge < -0.3 is 43.8 Å². The van der Waals surface area contributed by atoms with Crippen LogP contribution in [0, 0.1) is 0 Å². The van der Waals surface area contributed by atoms with Gasteiger partial charge in [0.25, 0.3) is 0 Å². The summed E-state index contributed by atoms with van der Waals surface area (Å²) < 4.78 is 34.1. The number of halogens is 1. The Morgan fingerprint density at radius 3 is 1.33 bits per heavy atom. The highest BCUT2D eigenvalue weighted by atomic mass is 35.5. The zero-order valence-electron chi connectivity index (χ0n) is 60.4. The van der Waals surface area contributed by atoms with Gasteiger partial charge in [0.1, 0.15) is 84.2 Å². The fourth-order valence-corrected chi connectivity index (χ4v) is 13.6. The molecule has 6 aromatic carbocycles. The summed E-state index contributed by atoms with van der Waals surface area (Å²) in [4.78, 5) is 39.2. The molecule has 12 aromatic rings. The van der Waals surface area contributed by atoms with E-state index >= 15 is 0 Å². The van der Waals surface area contributed by atoms with E-state index in [1.54, 1.807) is 6.07 Å². The van der Waals surface area contributed by atoms with Crippen LogP contribution in [-0.2, 0) is 55.8 Å². The molecule has 0 radical (unpaired) electrons. The van der Waals surface area contributed by atoms with Crippen LogP contribution in [0.4, 0.5) is 0 Å². The molecule has 0 unspecified atom stereocenters. The molecule has 2 fully saturated rings. The molecule has 0 saturated carbocycles. The number of aromatic amines is 1. The topological polar surface area (TPSA) is 191 Å². The van der Waals surface area contributed by atoms with Crippen LogP contribution in [-0.4, -0.2) is 152 Å². The number of imidazole rings is 3. The van der Waals surface area contributed by atoms with Crippen molar-refractivity contribution in [1.82, 2.24) is 63.9 Å². The number of nitrogens with zero attached hydrogens (tertiary/aromatic N) is 11. The SMILES string of the molecule is C.C.CB(O)N1CCN(Cc2ccc3nc(-c4ccc(OCc5ccccc5)cc4)n(COCC[Si](C)(C)C)c3n2)CC1.C[Si](C)(C)CCOCn1c(-c2ccc(OCc3ccccc3)cc2)nc2ccc(Cl)nc21.c1ccc(COc2ccc(-c3nc4nc(CN5CCNCC5)ccc4[nH]3)cc2)cc1. The number of ether oxygens (including phenoxy) is 5. The van der Waals surface area contributed by atoms with Crippen molar-refractivity contribution in [2.24, 2.45) is 0 Å². The van der Waals surface area contributed by atoms with Crippen molar-refractivity contribution in [2.45, 2.75) is 119 Å². The average Bonchev–Trinajstić information content (AvgIpc) is 1.64. The van der Waals surface area contributed by atoms with Gasteiger partial charge in [-0.1, -0.05) is 157 Å². The number of pyridine rings is 3. The highest BCUT2D eigenvalue weighted by Gasteiger charge is 2.25. The van der Waals surface area contributed by atoms with Gasteiger partial charge in [-0.25, -0.2) is 29.9 Å². The fraction of sp³-hybridized carbons (Fsp3) is 0.341. The first-order valence-corrected chi connectivity index (χ1v) is 43.6. The van der Waals surface area contributed by atoms with E-state index in [0.717, 1.165) is 204 Å². The van der Waals surface area contributed by atoms with Gasteiger partial charge >= 0.3 is 7.05 Å². The minimum absolute atomic E-state index is 0. The van der Waals surface area contributed by atoms with E-state index in [1.807, 2.05) is 133 Å². The second kappa shape index (κ2) is 37.9. The third-order valence-corrected chi connectivity index (χ3v) is 21.7. The molecule has 6 aromatic heterocycles. The number of hydrogen-bond acceptors (Lipinski definition) is 16. The van der Waals surface area contributed by atoms with Crippen LogP contribution >= 0.6 is 11.6 Å². The lowest BCUT2D eigenvalue weighted by Crippen LogP contribution is -2.51. The number of aromatic nitrogens is 9. The van der Waals surface area contributed by atoms with Crippen LogP contribution in [0.15, 0.2) is 200 Å². The second-order valence-corrected chi connectivity index (χ2v) is 40.3. The van der Waals surface area contributed by atoms with Gasteiger partial charge in [-0.3, -0.25) is 18.9 Å². The maximum Gasteiger partial charge on any atom is 0.376 e. The maximum atomic E-state index is 9.89. The minimum atomic E-state index is -1.20. The molecule has 0 spiro atoms. The smallest absolute Gasteiger partial charge is 0.376 e. The molecule has 8 heterocycles. The largest absolute Gasteiger partial charge is 0.489 e. The molecule has 3 N–H and O–H groups in total. The normalized spacial score (nSPS) is 13.6. The molecule has 0 bridgehead atoms. The van der Waals surface area contributed by atoms with Crippen molar-refractivity contribution in [3.63, 3.8) is 0 Å². The third kappa shape index (κ3) is 23.0. The van der Waals surface area contributed by atoms with Gasteiger partial charge in [0, 0.05) is 111 Å². The second-order valence-electron chi connectivity index (χ2n) is 28.7. The molecule has 0 amide bonds. The molecular weight excluding hydrogens is 1370 g/mol. The minimum Gasteiger partial charge on any atom is -0.489 e. The van der Waals surface area contributed by atoms with Gasteiger partial charge in [-0.05, 0) is 145 Å². The molecule has 19 nitrogen and oxygen atoms in total. The van der Waals surface area contributed by atoms with Gasteiger partial charge in [-0.2, -0.15) is 0 Å². The first-order valence-electron chi connectivity index (χ1n) is 35.8. The van der Waals surface area contributed by atoms with Crippen LogP contribution in [0.25, 0.3) is 67.7 Å². The maximum absolute atomic E-state index is 9.89.